The minimum atomic E-state index is -4.60. The molecule has 1 unspecified atom stereocenters. The molecule has 1 aliphatic rings. The van der Waals surface area contributed by atoms with Crippen molar-refractivity contribution in [3.63, 3.8) is 0 Å². The van der Waals surface area contributed by atoms with Gasteiger partial charge in [0, 0.05) is 12.0 Å². The van der Waals surface area contributed by atoms with E-state index in [2.05, 4.69) is 4.52 Å². The predicted molar refractivity (Wildman–Crippen MR) is 51.4 cm³/mol. The second-order valence-electron chi connectivity index (χ2n) is 3.31. The minimum absolute atomic E-state index is 0.222. The molecule has 0 bridgehead atoms. The number of rotatable bonds is 2. The van der Waals surface area contributed by atoms with Gasteiger partial charge in [0.15, 0.2) is 5.78 Å². The number of carbonyl (C=O) groups excluding carboxylic acids is 1. The summed E-state index contributed by atoms with van der Waals surface area (Å²) >= 11 is 0. The van der Waals surface area contributed by atoms with E-state index in [-0.39, 0.29) is 12.2 Å². The molecule has 0 saturated carbocycles. The van der Waals surface area contributed by atoms with Crippen molar-refractivity contribution in [2.24, 2.45) is 0 Å². The van der Waals surface area contributed by atoms with Gasteiger partial charge in [-0.25, -0.2) is 4.57 Å². The molecule has 1 aromatic carbocycles. The van der Waals surface area contributed by atoms with E-state index in [9.17, 15) is 9.36 Å². The Morgan fingerprint density at radius 2 is 2.00 bits per heavy atom. The first-order valence-corrected chi connectivity index (χ1v) is 5.86. The zero-order valence-electron chi connectivity index (χ0n) is 7.66. The average Bonchev–Trinajstić information content (AvgIpc) is 2.42. The molecule has 0 aliphatic heterocycles. The molecule has 0 saturated heterocycles. The lowest BCUT2D eigenvalue weighted by atomic mass is 10.1. The molecule has 1 aliphatic carbocycles. The molecule has 80 valence electrons. The third-order valence-corrected chi connectivity index (χ3v) is 2.77. The van der Waals surface area contributed by atoms with Gasteiger partial charge in [-0.05, 0) is 5.56 Å². The number of benzene rings is 1. The van der Waals surface area contributed by atoms with Crippen molar-refractivity contribution >= 4 is 13.6 Å². The van der Waals surface area contributed by atoms with Gasteiger partial charge in [0.05, 0.1) is 0 Å². The summed E-state index contributed by atoms with van der Waals surface area (Å²) in [4.78, 5) is 28.8. The van der Waals surface area contributed by atoms with Gasteiger partial charge in [0.2, 0.25) is 0 Å². The van der Waals surface area contributed by atoms with E-state index in [1.807, 2.05) is 0 Å². The van der Waals surface area contributed by atoms with Crippen LogP contribution in [0, 0.1) is 0 Å². The van der Waals surface area contributed by atoms with Crippen LogP contribution in [0.2, 0.25) is 0 Å². The zero-order valence-corrected chi connectivity index (χ0v) is 8.55. The maximum Gasteiger partial charge on any atom is 0.470 e. The monoisotopic (exact) mass is 228 g/mol. The topological polar surface area (TPSA) is 83.8 Å². The number of fused-ring (bicyclic) bond motifs is 1. The lowest BCUT2D eigenvalue weighted by Gasteiger charge is -2.09. The number of phosphoric ester groups is 1. The molecular formula is C9H9O5P. The smallest absolute Gasteiger partial charge is 0.303 e. The second-order valence-corrected chi connectivity index (χ2v) is 4.50. The molecule has 2 N–H and O–H groups in total. The first kappa shape index (κ1) is 10.5. The van der Waals surface area contributed by atoms with Crippen LogP contribution in [0.15, 0.2) is 24.3 Å². The van der Waals surface area contributed by atoms with E-state index in [0.717, 1.165) is 5.56 Å². The van der Waals surface area contributed by atoms with Gasteiger partial charge >= 0.3 is 7.82 Å². The molecule has 0 radical (unpaired) electrons. The Bertz CT molecular complexity index is 450. The fourth-order valence-electron chi connectivity index (χ4n) is 1.66. The molecular weight excluding hydrogens is 219 g/mol. The normalized spacial score (nSPS) is 20.4. The maximum absolute atomic E-state index is 11.6. The average molecular weight is 228 g/mol. The first-order chi connectivity index (χ1) is 6.97. The largest absolute Gasteiger partial charge is 0.470 e. The van der Waals surface area contributed by atoms with Crippen molar-refractivity contribution < 1.29 is 23.7 Å². The van der Waals surface area contributed by atoms with Gasteiger partial charge < -0.3 is 9.79 Å². The zero-order chi connectivity index (χ0) is 11.1. The Morgan fingerprint density at radius 1 is 1.33 bits per heavy atom. The summed E-state index contributed by atoms with van der Waals surface area (Å²) in [6, 6.07) is 6.85. The van der Waals surface area contributed by atoms with Crippen LogP contribution >= 0.6 is 7.82 Å². The number of phosphoric acid groups is 1. The number of carbonyl (C=O) groups is 1. The highest BCUT2D eigenvalue weighted by Crippen LogP contribution is 2.40. The fraction of sp³-hybridized carbons (Fsp3) is 0.222. The lowest BCUT2D eigenvalue weighted by molar-refractivity contribution is 0.0745. The van der Waals surface area contributed by atoms with Crippen LogP contribution in [0.25, 0.3) is 0 Å². The van der Waals surface area contributed by atoms with Gasteiger partial charge in [-0.1, -0.05) is 24.3 Å². The first-order valence-electron chi connectivity index (χ1n) is 4.33. The second kappa shape index (κ2) is 3.54. The third kappa shape index (κ3) is 2.16. The van der Waals surface area contributed by atoms with Crippen LogP contribution in [0.4, 0.5) is 0 Å². The summed E-state index contributed by atoms with van der Waals surface area (Å²) in [6.45, 7) is 0. The molecule has 5 nitrogen and oxygen atoms in total. The van der Waals surface area contributed by atoms with Crippen LogP contribution in [0.1, 0.15) is 15.9 Å². The highest BCUT2D eigenvalue weighted by Gasteiger charge is 2.35. The highest BCUT2D eigenvalue weighted by molar-refractivity contribution is 7.46. The van der Waals surface area contributed by atoms with Crippen LogP contribution in [-0.4, -0.2) is 21.7 Å². The van der Waals surface area contributed by atoms with Crippen molar-refractivity contribution in [2.75, 3.05) is 0 Å². The number of hydrogen-bond acceptors (Lipinski definition) is 3. The fourth-order valence-corrected chi connectivity index (χ4v) is 2.16. The van der Waals surface area contributed by atoms with Gasteiger partial charge in [0.1, 0.15) is 6.10 Å². The van der Waals surface area contributed by atoms with Gasteiger partial charge in [-0.3, -0.25) is 9.32 Å². The lowest BCUT2D eigenvalue weighted by Crippen LogP contribution is -2.18. The summed E-state index contributed by atoms with van der Waals surface area (Å²) in [7, 11) is -4.60. The maximum atomic E-state index is 11.6. The van der Waals surface area contributed by atoms with Crippen molar-refractivity contribution in [3.8, 4) is 0 Å². The van der Waals surface area contributed by atoms with Crippen molar-refractivity contribution in [2.45, 2.75) is 12.5 Å². The Hall–Kier alpha value is -1.00. The molecule has 0 spiro atoms. The molecule has 0 aromatic heterocycles. The quantitative estimate of drug-likeness (QED) is 0.735. The van der Waals surface area contributed by atoms with E-state index in [1.165, 1.54) is 0 Å². The van der Waals surface area contributed by atoms with E-state index in [1.54, 1.807) is 24.3 Å². The molecule has 1 aromatic rings. The molecule has 6 heteroatoms. The van der Waals surface area contributed by atoms with Crippen molar-refractivity contribution in [1.82, 2.24) is 0 Å². The van der Waals surface area contributed by atoms with E-state index in [4.69, 9.17) is 9.79 Å². The Labute approximate surface area is 85.9 Å². The molecule has 15 heavy (non-hydrogen) atoms. The molecule has 1 atom stereocenters. The molecule has 0 amide bonds. The number of hydrogen-bond donors (Lipinski definition) is 2. The predicted octanol–water partition coefficient (Wildman–Crippen LogP) is 0.903. The SMILES string of the molecule is O=C1c2ccccc2CC1OP(=O)(O)O. The van der Waals surface area contributed by atoms with Crippen LogP contribution in [-0.2, 0) is 15.5 Å². The Balaban J connectivity index is 2.24. The summed E-state index contributed by atoms with van der Waals surface area (Å²) in [5.74, 6) is -0.367. The van der Waals surface area contributed by atoms with E-state index < -0.39 is 13.9 Å². The highest BCUT2D eigenvalue weighted by atomic mass is 31.2. The number of Topliss-reactive ketones (excluding diaryl/α,β-unsaturated/α-hetero) is 1. The number of ketones is 1. The van der Waals surface area contributed by atoms with Gasteiger partial charge in [0.25, 0.3) is 0 Å². The van der Waals surface area contributed by atoms with Crippen LogP contribution < -0.4 is 0 Å². The van der Waals surface area contributed by atoms with Gasteiger partial charge in [-0.2, -0.15) is 0 Å². The third-order valence-electron chi connectivity index (χ3n) is 2.25. The minimum Gasteiger partial charge on any atom is -0.303 e. The summed E-state index contributed by atoms with van der Waals surface area (Å²) in [5.41, 5.74) is 1.25. The molecule has 0 heterocycles. The van der Waals surface area contributed by atoms with Crippen LogP contribution in [0.5, 0.6) is 0 Å². The van der Waals surface area contributed by atoms with E-state index >= 15 is 0 Å². The summed E-state index contributed by atoms with van der Waals surface area (Å²) in [6.07, 6.45) is -0.830. The van der Waals surface area contributed by atoms with Crippen LogP contribution in [0.3, 0.4) is 0 Å². The van der Waals surface area contributed by atoms with E-state index in [0.29, 0.717) is 5.56 Å². The molecule has 0 fully saturated rings. The van der Waals surface area contributed by atoms with Gasteiger partial charge in [-0.15, -0.1) is 0 Å². The standard InChI is InChI=1S/C9H9O5P/c10-9-7-4-2-1-3-6(7)5-8(9)14-15(11,12)13/h1-4,8H,5H2,(H2,11,12,13). The molecule has 2 rings (SSSR count). The summed E-state index contributed by atoms with van der Waals surface area (Å²) < 4.78 is 15.0. The summed E-state index contributed by atoms with van der Waals surface area (Å²) in [5, 5.41) is 0. The van der Waals surface area contributed by atoms with Crippen molar-refractivity contribution in [1.29, 1.82) is 0 Å². The Morgan fingerprint density at radius 3 is 2.60 bits per heavy atom. The Kier molecular flexibility index (Phi) is 2.48. The van der Waals surface area contributed by atoms with Crippen molar-refractivity contribution in [3.05, 3.63) is 35.4 Å².